The molecule has 0 atom stereocenters. The van der Waals surface area contributed by atoms with E-state index in [9.17, 15) is 13.2 Å². The van der Waals surface area contributed by atoms with Crippen molar-refractivity contribution in [2.75, 3.05) is 19.3 Å². The Morgan fingerprint density at radius 3 is 2.44 bits per heavy atom. The normalized spacial score (nSPS) is 20.2. The molecular weight excluding hydrogens is 336 g/mol. The first-order chi connectivity index (χ1) is 11.9. The molecule has 0 aromatic heterocycles. The summed E-state index contributed by atoms with van der Waals surface area (Å²) in [4.78, 5) is 12.2. The van der Waals surface area contributed by atoms with Crippen LogP contribution < -0.4 is 5.32 Å². The average Bonchev–Trinajstić information content (AvgIpc) is 2.83. The van der Waals surface area contributed by atoms with Gasteiger partial charge >= 0.3 is 0 Å². The molecule has 0 saturated heterocycles. The fourth-order valence-corrected chi connectivity index (χ4v) is 4.64. The smallest absolute Gasteiger partial charge is 0.221 e. The molecule has 2 aliphatic rings. The third kappa shape index (κ3) is 7.90. The highest BCUT2D eigenvalue weighted by atomic mass is 32.2. The summed E-state index contributed by atoms with van der Waals surface area (Å²) in [6, 6.07) is 0.272. The van der Waals surface area contributed by atoms with Crippen molar-refractivity contribution in [1.82, 2.24) is 9.62 Å². The third-order valence-corrected chi connectivity index (χ3v) is 6.65. The summed E-state index contributed by atoms with van der Waals surface area (Å²) >= 11 is 0. The summed E-state index contributed by atoms with van der Waals surface area (Å²) < 4.78 is 25.5. The molecule has 144 valence electrons. The van der Waals surface area contributed by atoms with Crippen molar-refractivity contribution in [3.63, 3.8) is 0 Å². The van der Waals surface area contributed by atoms with Gasteiger partial charge in [0, 0.05) is 25.6 Å². The number of sulfonamides is 1. The van der Waals surface area contributed by atoms with Crippen LogP contribution in [-0.4, -0.2) is 44.0 Å². The van der Waals surface area contributed by atoms with E-state index in [1.807, 2.05) is 0 Å². The van der Waals surface area contributed by atoms with Crippen molar-refractivity contribution in [2.45, 2.75) is 83.1 Å². The van der Waals surface area contributed by atoms with Crippen molar-refractivity contribution < 1.29 is 13.2 Å². The first-order valence-electron chi connectivity index (χ1n) is 9.87. The van der Waals surface area contributed by atoms with Gasteiger partial charge in [-0.1, -0.05) is 37.3 Å². The predicted octanol–water partition coefficient (Wildman–Crippen LogP) is 3.37. The van der Waals surface area contributed by atoms with Crippen LogP contribution in [0.4, 0.5) is 0 Å². The Hall–Kier alpha value is -0.880. The molecule has 0 spiro atoms. The van der Waals surface area contributed by atoms with Crippen LogP contribution in [0.2, 0.25) is 0 Å². The maximum absolute atomic E-state index is 12.2. The molecule has 0 heterocycles. The summed E-state index contributed by atoms with van der Waals surface area (Å²) in [6.07, 6.45) is 16.1. The van der Waals surface area contributed by atoms with E-state index in [1.54, 1.807) is 0 Å². The molecule has 0 aliphatic heterocycles. The second kappa shape index (κ2) is 10.3. The van der Waals surface area contributed by atoms with E-state index in [0.717, 1.165) is 32.1 Å². The van der Waals surface area contributed by atoms with E-state index in [0.29, 0.717) is 6.54 Å². The molecule has 0 unspecified atom stereocenters. The van der Waals surface area contributed by atoms with Crippen LogP contribution in [0.25, 0.3) is 0 Å². The largest absolute Gasteiger partial charge is 0.353 e. The highest BCUT2D eigenvalue weighted by molar-refractivity contribution is 7.88. The lowest BCUT2D eigenvalue weighted by molar-refractivity contribution is -0.122. The lowest BCUT2D eigenvalue weighted by Crippen LogP contribution is -2.38. The Labute approximate surface area is 153 Å². The maximum Gasteiger partial charge on any atom is 0.221 e. The van der Waals surface area contributed by atoms with E-state index in [1.165, 1.54) is 54.7 Å². The SMILES string of the molecule is CS(=O)(=O)N(CCC(=O)NC1CCCCCC1)CCC1=CCCCC1. The highest BCUT2D eigenvalue weighted by Crippen LogP contribution is 2.21. The molecule has 1 N–H and O–H groups in total. The number of carbonyl (C=O) groups excluding carboxylic acids is 1. The van der Waals surface area contributed by atoms with Crippen molar-refractivity contribution >= 4 is 15.9 Å². The van der Waals surface area contributed by atoms with Crippen LogP contribution in [0.15, 0.2) is 11.6 Å². The van der Waals surface area contributed by atoms with Crippen molar-refractivity contribution in [2.24, 2.45) is 0 Å². The van der Waals surface area contributed by atoms with Gasteiger partial charge in [-0.2, -0.15) is 0 Å². The number of amides is 1. The minimum absolute atomic E-state index is 0.0163. The van der Waals surface area contributed by atoms with E-state index in [4.69, 9.17) is 0 Å². The molecule has 25 heavy (non-hydrogen) atoms. The minimum Gasteiger partial charge on any atom is -0.353 e. The number of carbonyl (C=O) groups is 1. The molecule has 1 fully saturated rings. The first kappa shape index (κ1) is 20.4. The van der Waals surface area contributed by atoms with Crippen LogP contribution in [0.3, 0.4) is 0 Å². The Kier molecular flexibility index (Phi) is 8.43. The monoisotopic (exact) mass is 370 g/mol. The fourth-order valence-electron chi connectivity index (χ4n) is 3.79. The lowest BCUT2D eigenvalue weighted by atomic mass is 9.97. The number of hydrogen-bond acceptors (Lipinski definition) is 3. The van der Waals surface area contributed by atoms with Gasteiger partial charge < -0.3 is 5.32 Å². The van der Waals surface area contributed by atoms with E-state index >= 15 is 0 Å². The average molecular weight is 371 g/mol. The van der Waals surface area contributed by atoms with Crippen LogP contribution in [0.5, 0.6) is 0 Å². The van der Waals surface area contributed by atoms with Gasteiger partial charge in [0.2, 0.25) is 15.9 Å². The van der Waals surface area contributed by atoms with Gasteiger partial charge in [-0.25, -0.2) is 12.7 Å². The van der Waals surface area contributed by atoms with Gasteiger partial charge in [0.25, 0.3) is 0 Å². The van der Waals surface area contributed by atoms with Gasteiger partial charge in [0.05, 0.1) is 6.26 Å². The Balaban J connectivity index is 1.78. The number of rotatable bonds is 8. The Morgan fingerprint density at radius 1 is 1.12 bits per heavy atom. The second-order valence-corrected chi connectivity index (χ2v) is 9.51. The van der Waals surface area contributed by atoms with Gasteiger partial charge in [-0.05, 0) is 44.9 Å². The molecule has 0 aromatic carbocycles. The zero-order valence-electron chi connectivity index (χ0n) is 15.6. The summed E-state index contributed by atoms with van der Waals surface area (Å²) in [7, 11) is -3.27. The predicted molar refractivity (Wildman–Crippen MR) is 102 cm³/mol. The van der Waals surface area contributed by atoms with Crippen LogP contribution in [0.1, 0.15) is 77.0 Å². The first-order valence-corrected chi connectivity index (χ1v) is 11.7. The highest BCUT2D eigenvalue weighted by Gasteiger charge is 2.20. The number of allylic oxidation sites excluding steroid dienone is 1. The Morgan fingerprint density at radius 2 is 1.84 bits per heavy atom. The van der Waals surface area contributed by atoms with Crippen molar-refractivity contribution in [1.29, 1.82) is 0 Å². The van der Waals surface area contributed by atoms with Crippen LogP contribution >= 0.6 is 0 Å². The summed E-state index contributed by atoms with van der Waals surface area (Å²) in [5.74, 6) is -0.0163. The molecule has 2 rings (SSSR count). The molecule has 5 nitrogen and oxygen atoms in total. The van der Waals surface area contributed by atoms with Gasteiger partial charge in [0.15, 0.2) is 0 Å². The van der Waals surface area contributed by atoms with Gasteiger partial charge in [-0.15, -0.1) is 0 Å². The summed E-state index contributed by atoms with van der Waals surface area (Å²) in [5.41, 5.74) is 1.36. The van der Waals surface area contributed by atoms with Crippen molar-refractivity contribution in [3.05, 3.63) is 11.6 Å². The van der Waals surface area contributed by atoms with E-state index in [-0.39, 0.29) is 24.9 Å². The van der Waals surface area contributed by atoms with Gasteiger partial charge in [-0.3, -0.25) is 4.79 Å². The van der Waals surface area contributed by atoms with Crippen molar-refractivity contribution in [3.8, 4) is 0 Å². The maximum atomic E-state index is 12.2. The third-order valence-electron chi connectivity index (χ3n) is 5.34. The van der Waals surface area contributed by atoms with E-state index in [2.05, 4.69) is 11.4 Å². The summed E-state index contributed by atoms with van der Waals surface area (Å²) in [6.45, 7) is 0.770. The second-order valence-electron chi connectivity index (χ2n) is 7.53. The number of hydrogen-bond donors (Lipinski definition) is 1. The molecule has 0 bridgehead atoms. The number of nitrogens with one attached hydrogen (secondary N) is 1. The molecule has 0 aromatic rings. The molecule has 1 amide bonds. The minimum atomic E-state index is -3.27. The quantitative estimate of drug-likeness (QED) is 0.526. The zero-order valence-corrected chi connectivity index (χ0v) is 16.5. The lowest BCUT2D eigenvalue weighted by Gasteiger charge is -2.22. The molecule has 1 saturated carbocycles. The standard InChI is InChI=1S/C19H34N2O3S/c1-25(23,24)21(15-13-17-9-5-4-6-10-17)16-14-19(22)20-18-11-7-2-3-8-12-18/h9,18H,2-8,10-16H2,1H3,(H,20,22). The molecule has 2 aliphatic carbocycles. The topological polar surface area (TPSA) is 66.5 Å². The van der Waals surface area contributed by atoms with Gasteiger partial charge in [0.1, 0.15) is 0 Å². The van der Waals surface area contributed by atoms with Crippen LogP contribution in [0, 0.1) is 0 Å². The van der Waals surface area contributed by atoms with E-state index < -0.39 is 10.0 Å². The van der Waals surface area contributed by atoms with Crippen LogP contribution in [-0.2, 0) is 14.8 Å². The molecule has 6 heteroatoms. The Bertz CT molecular complexity index is 549. The fraction of sp³-hybridized carbons (Fsp3) is 0.842. The molecule has 0 radical (unpaired) electrons. The molecular formula is C19H34N2O3S. The summed E-state index contributed by atoms with van der Waals surface area (Å²) in [5, 5.41) is 3.10. The number of nitrogens with zero attached hydrogens (tertiary/aromatic N) is 1. The zero-order chi connectivity index (χ0) is 18.1.